The van der Waals surface area contributed by atoms with Gasteiger partial charge in [0.05, 0.1) is 17.3 Å². The number of aromatic carboxylic acids is 1. The molecule has 1 saturated heterocycles. The van der Waals surface area contributed by atoms with Gasteiger partial charge in [0.2, 0.25) is 5.95 Å². The number of carboxylic acid groups (broad SMARTS) is 1. The normalized spacial score (nSPS) is 20.2. The molecule has 29 heavy (non-hydrogen) atoms. The van der Waals surface area contributed by atoms with Gasteiger partial charge in [0.15, 0.2) is 0 Å². The molecule has 0 amide bonds. The first-order chi connectivity index (χ1) is 14.1. The number of anilines is 1. The molecular weight excluding hydrogens is 386 g/mol. The third kappa shape index (κ3) is 4.72. The Kier molecular flexibility index (Phi) is 6.34. The van der Waals surface area contributed by atoms with Crippen LogP contribution in [0.4, 0.5) is 5.95 Å². The quantitative estimate of drug-likeness (QED) is 0.659. The number of carbonyl (C=O) groups is 1. The van der Waals surface area contributed by atoms with Crippen LogP contribution in [0.2, 0.25) is 5.02 Å². The summed E-state index contributed by atoms with van der Waals surface area (Å²) in [7, 11) is 0. The van der Waals surface area contributed by atoms with E-state index < -0.39 is 5.97 Å². The standard InChI is InChI=1S/C23H28ClN3O2/c24-18-11-9-17(10-12-18)21-7-4-14-27(21)23-25-15-19(22(28)29)20(26-23)13-8-16-5-2-1-3-6-16/h9-12,15-16,21H,1-8,13-14H2,(H,28,29). The van der Waals surface area contributed by atoms with Crippen molar-refractivity contribution in [2.75, 3.05) is 11.4 Å². The molecule has 1 aliphatic heterocycles. The van der Waals surface area contributed by atoms with Crippen LogP contribution in [0.3, 0.4) is 0 Å². The van der Waals surface area contributed by atoms with Crippen molar-refractivity contribution in [3.05, 3.63) is 52.3 Å². The number of aromatic nitrogens is 2. The molecule has 1 N–H and O–H groups in total. The first-order valence-corrected chi connectivity index (χ1v) is 11.1. The van der Waals surface area contributed by atoms with Crippen molar-refractivity contribution in [1.82, 2.24) is 9.97 Å². The van der Waals surface area contributed by atoms with E-state index in [1.807, 2.05) is 12.1 Å². The van der Waals surface area contributed by atoms with Crippen molar-refractivity contribution in [1.29, 1.82) is 0 Å². The molecule has 1 atom stereocenters. The van der Waals surface area contributed by atoms with Gasteiger partial charge in [-0.15, -0.1) is 0 Å². The van der Waals surface area contributed by atoms with Gasteiger partial charge in [0.1, 0.15) is 0 Å². The molecule has 2 fully saturated rings. The summed E-state index contributed by atoms with van der Waals surface area (Å²) in [4.78, 5) is 23.1. The van der Waals surface area contributed by atoms with Gasteiger partial charge in [-0.05, 0) is 49.3 Å². The van der Waals surface area contributed by atoms with Crippen LogP contribution in [-0.2, 0) is 6.42 Å². The number of aryl methyl sites for hydroxylation is 1. The van der Waals surface area contributed by atoms with Crippen molar-refractivity contribution >= 4 is 23.5 Å². The van der Waals surface area contributed by atoms with E-state index in [1.165, 1.54) is 43.9 Å². The number of halogens is 1. The number of nitrogens with zero attached hydrogens (tertiary/aromatic N) is 3. The summed E-state index contributed by atoms with van der Waals surface area (Å²) in [5, 5.41) is 10.3. The van der Waals surface area contributed by atoms with Crippen molar-refractivity contribution in [3.8, 4) is 0 Å². The summed E-state index contributed by atoms with van der Waals surface area (Å²) in [5.74, 6) is 0.398. The van der Waals surface area contributed by atoms with E-state index in [1.54, 1.807) is 0 Å². The molecule has 154 valence electrons. The lowest BCUT2D eigenvalue weighted by atomic mass is 9.85. The minimum atomic E-state index is -0.939. The van der Waals surface area contributed by atoms with Gasteiger partial charge in [-0.2, -0.15) is 0 Å². The van der Waals surface area contributed by atoms with Crippen molar-refractivity contribution < 1.29 is 9.90 Å². The summed E-state index contributed by atoms with van der Waals surface area (Å²) >= 11 is 6.04. The molecule has 6 heteroatoms. The van der Waals surface area contributed by atoms with Crippen molar-refractivity contribution in [2.24, 2.45) is 5.92 Å². The second kappa shape index (κ2) is 9.12. The van der Waals surface area contributed by atoms with Crippen LogP contribution in [0.25, 0.3) is 0 Å². The van der Waals surface area contributed by atoms with Crippen LogP contribution in [0.5, 0.6) is 0 Å². The van der Waals surface area contributed by atoms with Crippen LogP contribution in [0.15, 0.2) is 30.5 Å². The molecule has 4 rings (SSSR count). The van der Waals surface area contributed by atoms with Crippen molar-refractivity contribution in [3.63, 3.8) is 0 Å². The van der Waals surface area contributed by atoms with E-state index in [0.717, 1.165) is 30.8 Å². The van der Waals surface area contributed by atoms with E-state index in [0.29, 0.717) is 24.0 Å². The van der Waals surface area contributed by atoms with E-state index in [-0.39, 0.29) is 11.6 Å². The molecule has 0 spiro atoms. The van der Waals surface area contributed by atoms with Gasteiger partial charge in [0.25, 0.3) is 0 Å². The molecule has 2 aromatic rings. The Morgan fingerprint density at radius 2 is 1.86 bits per heavy atom. The highest BCUT2D eigenvalue weighted by molar-refractivity contribution is 6.30. The molecule has 1 aliphatic carbocycles. The Morgan fingerprint density at radius 3 is 2.59 bits per heavy atom. The number of hydrogen-bond donors (Lipinski definition) is 1. The number of rotatable bonds is 6. The van der Waals surface area contributed by atoms with Gasteiger partial charge in [0, 0.05) is 17.8 Å². The Bertz CT molecular complexity index is 850. The molecule has 1 aromatic carbocycles. The molecule has 1 saturated carbocycles. The lowest BCUT2D eigenvalue weighted by Gasteiger charge is -2.26. The Morgan fingerprint density at radius 1 is 1.10 bits per heavy atom. The molecular formula is C23H28ClN3O2. The van der Waals surface area contributed by atoms with Crippen LogP contribution in [0.1, 0.15) is 79.0 Å². The Balaban J connectivity index is 1.56. The maximum atomic E-state index is 11.7. The van der Waals surface area contributed by atoms with E-state index >= 15 is 0 Å². The van der Waals surface area contributed by atoms with E-state index in [4.69, 9.17) is 16.6 Å². The lowest BCUT2D eigenvalue weighted by Crippen LogP contribution is -2.25. The van der Waals surface area contributed by atoms with Gasteiger partial charge in [-0.25, -0.2) is 14.8 Å². The molecule has 0 bridgehead atoms. The number of carboxylic acids is 1. The summed E-state index contributed by atoms with van der Waals surface area (Å²) < 4.78 is 0. The van der Waals surface area contributed by atoms with Gasteiger partial charge in [-0.3, -0.25) is 0 Å². The second-order valence-corrected chi connectivity index (χ2v) is 8.72. The summed E-state index contributed by atoms with van der Waals surface area (Å²) in [5.41, 5.74) is 2.11. The Hall–Kier alpha value is -2.14. The van der Waals surface area contributed by atoms with Gasteiger partial charge >= 0.3 is 5.97 Å². The van der Waals surface area contributed by atoms with Crippen LogP contribution in [0, 0.1) is 5.92 Å². The van der Waals surface area contributed by atoms with Crippen LogP contribution in [-0.4, -0.2) is 27.6 Å². The third-order valence-electron chi connectivity index (χ3n) is 6.36. The van der Waals surface area contributed by atoms with Crippen molar-refractivity contribution in [2.45, 2.75) is 63.8 Å². The zero-order chi connectivity index (χ0) is 20.2. The lowest BCUT2D eigenvalue weighted by molar-refractivity contribution is 0.0694. The second-order valence-electron chi connectivity index (χ2n) is 8.28. The molecule has 2 heterocycles. The largest absolute Gasteiger partial charge is 0.478 e. The number of benzene rings is 1. The molecule has 5 nitrogen and oxygen atoms in total. The fourth-order valence-electron chi connectivity index (χ4n) is 4.77. The minimum Gasteiger partial charge on any atom is -0.478 e. The predicted molar refractivity (Wildman–Crippen MR) is 115 cm³/mol. The smallest absolute Gasteiger partial charge is 0.339 e. The zero-order valence-corrected chi connectivity index (χ0v) is 17.4. The highest BCUT2D eigenvalue weighted by atomic mass is 35.5. The monoisotopic (exact) mass is 413 g/mol. The first-order valence-electron chi connectivity index (χ1n) is 10.7. The van der Waals surface area contributed by atoms with Crippen LogP contribution >= 0.6 is 11.6 Å². The minimum absolute atomic E-state index is 0.203. The van der Waals surface area contributed by atoms with Crippen LogP contribution < -0.4 is 4.90 Å². The highest BCUT2D eigenvalue weighted by Crippen LogP contribution is 2.35. The summed E-state index contributed by atoms with van der Waals surface area (Å²) in [6.45, 7) is 0.877. The maximum absolute atomic E-state index is 11.7. The molecule has 1 aromatic heterocycles. The maximum Gasteiger partial charge on any atom is 0.339 e. The topological polar surface area (TPSA) is 66.3 Å². The number of hydrogen-bond acceptors (Lipinski definition) is 4. The molecule has 2 aliphatic rings. The Labute approximate surface area is 177 Å². The van der Waals surface area contributed by atoms with Gasteiger partial charge in [-0.1, -0.05) is 55.8 Å². The zero-order valence-electron chi connectivity index (χ0n) is 16.7. The third-order valence-corrected chi connectivity index (χ3v) is 6.62. The highest BCUT2D eigenvalue weighted by Gasteiger charge is 2.29. The fraction of sp³-hybridized carbons (Fsp3) is 0.522. The average Bonchev–Trinajstić information content (AvgIpc) is 3.23. The van der Waals surface area contributed by atoms with Gasteiger partial charge < -0.3 is 10.0 Å². The van der Waals surface area contributed by atoms with E-state index in [9.17, 15) is 9.90 Å². The summed E-state index contributed by atoms with van der Waals surface area (Å²) in [6.07, 6.45) is 11.7. The average molecular weight is 414 g/mol. The van der Waals surface area contributed by atoms with E-state index in [2.05, 4.69) is 22.0 Å². The fourth-order valence-corrected chi connectivity index (χ4v) is 4.89. The SMILES string of the molecule is O=C(O)c1cnc(N2CCCC2c2ccc(Cl)cc2)nc1CCC1CCCCC1. The predicted octanol–water partition coefficient (Wildman–Crippen LogP) is 5.68. The molecule has 1 unspecified atom stereocenters. The molecule has 0 radical (unpaired) electrons. The summed E-state index contributed by atoms with van der Waals surface area (Å²) in [6, 6.07) is 8.14. The first kappa shape index (κ1) is 20.1.